The molecule has 3 N–H and O–H groups in total. The molecule has 0 radical (unpaired) electrons. The third-order valence-corrected chi connectivity index (χ3v) is 3.57. The van der Waals surface area contributed by atoms with Crippen LogP contribution in [0.25, 0.3) is 0 Å². The van der Waals surface area contributed by atoms with E-state index < -0.39 is 5.97 Å². The second kappa shape index (κ2) is 5.83. The molecule has 2 rings (SSSR count). The summed E-state index contributed by atoms with van der Waals surface area (Å²) < 4.78 is 0. The Kier molecular flexibility index (Phi) is 4.16. The molecular weight excluding hydrogens is 254 g/mol. The Bertz CT molecular complexity index is 440. The van der Waals surface area contributed by atoms with Gasteiger partial charge in [-0.15, -0.1) is 11.3 Å². The fraction of sp³-hybridized carbons (Fsp3) is 0.455. The molecule has 98 valence electrons. The second-order valence-corrected chi connectivity index (χ2v) is 5.00. The van der Waals surface area contributed by atoms with Crippen molar-refractivity contribution in [3.05, 3.63) is 17.0 Å². The third kappa shape index (κ3) is 3.21. The molecule has 0 aliphatic carbocycles. The highest BCUT2D eigenvalue weighted by Gasteiger charge is 2.16. The van der Waals surface area contributed by atoms with Crippen LogP contribution in [0.3, 0.4) is 0 Å². The molecule has 0 bridgehead atoms. The monoisotopic (exact) mass is 269 g/mol. The number of aromatic carboxylic acids is 1. The van der Waals surface area contributed by atoms with Crippen LogP contribution in [0.1, 0.15) is 29.6 Å². The first kappa shape index (κ1) is 12.8. The number of hydrogen-bond donors (Lipinski definition) is 3. The van der Waals surface area contributed by atoms with E-state index in [1.807, 2.05) is 5.01 Å². The van der Waals surface area contributed by atoms with Crippen LogP contribution in [0.4, 0.5) is 9.80 Å². The molecule has 7 heteroatoms. The van der Waals surface area contributed by atoms with E-state index in [9.17, 15) is 9.59 Å². The maximum Gasteiger partial charge on any atom is 0.338 e. The number of hydrazine groups is 1. The largest absolute Gasteiger partial charge is 0.478 e. The maximum atomic E-state index is 11.7. The summed E-state index contributed by atoms with van der Waals surface area (Å²) in [4.78, 5) is 22.6. The second-order valence-electron chi connectivity index (χ2n) is 4.08. The zero-order valence-electron chi connectivity index (χ0n) is 9.81. The molecule has 1 aliphatic heterocycles. The summed E-state index contributed by atoms with van der Waals surface area (Å²) in [5.41, 5.74) is 2.84. The average Bonchev–Trinajstić information content (AvgIpc) is 2.78. The topological polar surface area (TPSA) is 81.7 Å². The Hall–Kier alpha value is -1.60. The van der Waals surface area contributed by atoms with Gasteiger partial charge in [0.1, 0.15) is 5.00 Å². The normalized spacial score (nSPS) is 16.2. The molecule has 0 spiro atoms. The van der Waals surface area contributed by atoms with Crippen molar-refractivity contribution in [2.75, 3.05) is 18.4 Å². The molecule has 0 atom stereocenters. The standard InChI is InChI=1S/C11H15N3O3S/c15-10(16)8-4-7-18-9(8)12-11(17)13-14-5-2-1-3-6-14/h4,7H,1-3,5-6H2,(H,15,16)(H2,12,13,17). The number of carbonyl (C=O) groups excluding carboxylic acids is 1. The molecule has 18 heavy (non-hydrogen) atoms. The van der Waals surface area contributed by atoms with E-state index in [4.69, 9.17) is 5.11 Å². The lowest BCUT2D eigenvalue weighted by molar-refractivity contribution is 0.0698. The van der Waals surface area contributed by atoms with E-state index in [2.05, 4.69) is 10.7 Å². The van der Waals surface area contributed by atoms with Crippen LogP contribution >= 0.6 is 11.3 Å². The lowest BCUT2D eigenvalue weighted by Gasteiger charge is -2.26. The highest BCUT2D eigenvalue weighted by Crippen LogP contribution is 2.22. The van der Waals surface area contributed by atoms with Gasteiger partial charge in [-0.3, -0.25) is 10.7 Å². The molecule has 1 aromatic rings. The predicted molar refractivity (Wildman–Crippen MR) is 68.9 cm³/mol. The number of urea groups is 1. The van der Waals surface area contributed by atoms with Crippen molar-refractivity contribution in [2.45, 2.75) is 19.3 Å². The van der Waals surface area contributed by atoms with Crippen LogP contribution in [0.2, 0.25) is 0 Å². The van der Waals surface area contributed by atoms with Crippen molar-refractivity contribution in [2.24, 2.45) is 0 Å². The Morgan fingerprint density at radius 2 is 2.00 bits per heavy atom. The fourth-order valence-corrected chi connectivity index (χ4v) is 2.63. The minimum Gasteiger partial charge on any atom is -0.478 e. The highest BCUT2D eigenvalue weighted by molar-refractivity contribution is 7.14. The van der Waals surface area contributed by atoms with Crippen molar-refractivity contribution in [3.63, 3.8) is 0 Å². The summed E-state index contributed by atoms with van der Waals surface area (Å²) in [6.45, 7) is 1.67. The van der Waals surface area contributed by atoms with E-state index in [0.717, 1.165) is 25.9 Å². The van der Waals surface area contributed by atoms with Crippen molar-refractivity contribution in [1.29, 1.82) is 0 Å². The number of thiophene rings is 1. The van der Waals surface area contributed by atoms with Crippen LogP contribution in [0.5, 0.6) is 0 Å². The first-order chi connectivity index (χ1) is 8.66. The smallest absolute Gasteiger partial charge is 0.338 e. The van der Waals surface area contributed by atoms with Crippen LogP contribution in [0, 0.1) is 0 Å². The van der Waals surface area contributed by atoms with Gasteiger partial charge in [-0.25, -0.2) is 14.6 Å². The molecule has 1 saturated heterocycles. The van der Waals surface area contributed by atoms with Gasteiger partial charge in [0.15, 0.2) is 0 Å². The minimum absolute atomic E-state index is 0.119. The number of piperidine rings is 1. The lowest BCUT2D eigenvalue weighted by atomic mass is 10.2. The van der Waals surface area contributed by atoms with Crippen LogP contribution in [-0.2, 0) is 0 Å². The maximum absolute atomic E-state index is 11.7. The Morgan fingerprint density at radius 3 is 2.67 bits per heavy atom. The van der Waals surface area contributed by atoms with Crippen molar-refractivity contribution in [3.8, 4) is 0 Å². The molecule has 2 heterocycles. The van der Waals surface area contributed by atoms with Crippen LogP contribution in [-0.4, -0.2) is 35.2 Å². The van der Waals surface area contributed by atoms with Gasteiger partial charge < -0.3 is 5.11 Å². The summed E-state index contributed by atoms with van der Waals surface area (Å²) >= 11 is 1.20. The number of nitrogens with one attached hydrogen (secondary N) is 2. The molecule has 1 fully saturated rings. The predicted octanol–water partition coefficient (Wildman–Crippen LogP) is 1.97. The summed E-state index contributed by atoms with van der Waals surface area (Å²) in [6.07, 6.45) is 3.33. The van der Waals surface area contributed by atoms with Gasteiger partial charge in [0.2, 0.25) is 0 Å². The molecule has 1 aromatic heterocycles. The average molecular weight is 269 g/mol. The summed E-state index contributed by atoms with van der Waals surface area (Å²) in [6, 6.07) is 1.09. The molecule has 1 aliphatic rings. The highest BCUT2D eigenvalue weighted by atomic mass is 32.1. The van der Waals surface area contributed by atoms with Gasteiger partial charge in [0.05, 0.1) is 5.56 Å². The molecule has 0 aromatic carbocycles. The van der Waals surface area contributed by atoms with E-state index in [1.165, 1.54) is 23.8 Å². The molecule has 0 saturated carbocycles. The van der Waals surface area contributed by atoms with Gasteiger partial charge in [-0.1, -0.05) is 6.42 Å². The van der Waals surface area contributed by atoms with E-state index in [1.54, 1.807) is 5.38 Å². The van der Waals surface area contributed by atoms with E-state index in [0.29, 0.717) is 5.00 Å². The van der Waals surface area contributed by atoms with Gasteiger partial charge in [0, 0.05) is 13.1 Å². The summed E-state index contributed by atoms with van der Waals surface area (Å²) in [7, 11) is 0. The molecule has 0 unspecified atom stereocenters. The van der Waals surface area contributed by atoms with Crippen LogP contribution in [0.15, 0.2) is 11.4 Å². The number of amides is 2. The minimum atomic E-state index is -1.04. The van der Waals surface area contributed by atoms with E-state index in [-0.39, 0.29) is 11.6 Å². The van der Waals surface area contributed by atoms with Crippen molar-refractivity contribution >= 4 is 28.3 Å². The van der Waals surface area contributed by atoms with Crippen molar-refractivity contribution in [1.82, 2.24) is 10.4 Å². The number of carbonyl (C=O) groups is 2. The third-order valence-electron chi connectivity index (χ3n) is 2.74. The molecule has 2 amide bonds. The summed E-state index contributed by atoms with van der Waals surface area (Å²) in [5, 5.41) is 15.3. The first-order valence-corrected chi connectivity index (χ1v) is 6.68. The van der Waals surface area contributed by atoms with Gasteiger partial charge in [-0.2, -0.15) is 0 Å². The van der Waals surface area contributed by atoms with Crippen molar-refractivity contribution < 1.29 is 14.7 Å². The number of anilines is 1. The van der Waals surface area contributed by atoms with Gasteiger partial charge in [-0.05, 0) is 24.3 Å². The zero-order valence-corrected chi connectivity index (χ0v) is 10.6. The Morgan fingerprint density at radius 1 is 1.28 bits per heavy atom. The lowest BCUT2D eigenvalue weighted by Crippen LogP contribution is -2.46. The number of nitrogens with zero attached hydrogens (tertiary/aromatic N) is 1. The quantitative estimate of drug-likeness (QED) is 0.783. The Labute approximate surface area is 109 Å². The number of rotatable bonds is 3. The fourth-order valence-electron chi connectivity index (χ4n) is 1.85. The van der Waals surface area contributed by atoms with E-state index >= 15 is 0 Å². The number of carboxylic acids is 1. The molecular formula is C11H15N3O3S. The zero-order chi connectivity index (χ0) is 13.0. The Balaban J connectivity index is 1.90. The number of hydrogen-bond acceptors (Lipinski definition) is 4. The summed E-state index contributed by atoms with van der Waals surface area (Å²) in [5.74, 6) is -1.04. The van der Waals surface area contributed by atoms with Crippen LogP contribution < -0.4 is 10.7 Å². The van der Waals surface area contributed by atoms with Gasteiger partial charge in [0.25, 0.3) is 0 Å². The molecule has 6 nitrogen and oxygen atoms in total. The number of carboxylic acid groups (broad SMARTS) is 1. The SMILES string of the molecule is O=C(Nc1sccc1C(=O)O)NN1CCCCC1. The first-order valence-electron chi connectivity index (χ1n) is 5.80. The van der Waals surface area contributed by atoms with Gasteiger partial charge >= 0.3 is 12.0 Å².